The van der Waals surface area contributed by atoms with Crippen LogP contribution in [0.3, 0.4) is 0 Å². The molecule has 2 aromatic carbocycles. The second-order valence-electron chi connectivity index (χ2n) is 11.0. The largest absolute Gasteiger partial charge is 0.377 e. The molecule has 7 heteroatoms. The minimum absolute atomic E-state index is 0.428. The van der Waals surface area contributed by atoms with Crippen molar-refractivity contribution in [1.29, 1.82) is 0 Å². The average Bonchev–Trinajstić information content (AvgIpc) is 2.90. The lowest BCUT2D eigenvalue weighted by Gasteiger charge is -2.31. The van der Waals surface area contributed by atoms with Crippen LogP contribution in [0.5, 0.6) is 0 Å². The van der Waals surface area contributed by atoms with Gasteiger partial charge in [0.15, 0.2) is 0 Å². The first-order chi connectivity index (χ1) is 17.5. The second-order valence-corrected chi connectivity index (χ2v) is 12.9. The minimum Gasteiger partial charge on any atom is -0.377 e. The summed E-state index contributed by atoms with van der Waals surface area (Å²) < 4.78 is 28.8. The SMILES string of the molecule is CN(C)c1cccc2c(S(=O)(=O)N3CCC(CNCCCCNCC4CCCCC4)CC3)cccc12. The Balaban J connectivity index is 1.18. The van der Waals surface area contributed by atoms with Gasteiger partial charge in [-0.3, -0.25) is 0 Å². The number of unbranched alkanes of at least 4 members (excludes halogenated alkanes) is 1. The van der Waals surface area contributed by atoms with Gasteiger partial charge in [0.25, 0.3) is 0 Å². The number of fused-ring (bicyclic) bond motifs is 1. The summed E-state index contributed by atoms with van der Waals surface area (Å²) in [5, 5.41) is 9.06. The summed E-state index contributed by atoms with van der Waals surface area (Å²) in [4.78, 5) is 2.46. The highest BCUT2D eigenvalue weighted by molar-refractivity contribution is 7.89. The van der Waals surface area contributed by atoms with Crippen molar-refractivity contribution in [2.24, 2.45) is 11.8 Å². The van der Waals surface area contributed by atoms with Crippen molar-refractivity contribution in [2.75, 3.05) is 58.3 Å². The van der Waals surface area contributed by atoms with Crippen LogP contribution in [0.15, 0.2) is 41.3 Å². The zero-order valence-electron chi connectivity index (χ0n) is 22.3. The Morgan fingerprint density at radius 1 is 0.806 bits per heavy atom. The minimum atomic E-state index is -3.51. The van der Waals surface area contributed by atoms with E-state index in [1.54, 1.807) is 10.4 Å². The van der Waals surface area contributed by atoms with Gasteiger partial charge in [-0.15, -0.1) is 0 Å². The summed E-state index contributed by atoms with van der Waals surface area (Å²) in [5.74, 6) is 1.46. The van der Waals surface area contributed by atoms with Crippen LogP contribution in [0.25, 0.3) is 10.8 Å². The number of benzene rings is 2. The molecule has 2 aromatic rings. The van der Waals surface area contributed by atoms with E-state index in [1.165, 1.54) is 51.5 Å². The Morgan fingerprint density at radius 3 is 2.03 bits per heavy atom. The Bertz CT molecular complexity index is 1060. The Labute approximate surface area is 218 Å². The standard InChI is InChI=1S/C29H46N4O2S/c1-32(2)28-14-8-13-27-26(28)12-9-15-29(27)36(34,35)33-20-16-25(17-21-33)23-31-19-7-6-18-30-22-24-10-4-3-5-11-24/h8-9,12-15,24-25,30-31H,3-7,10-11,16-23H2,1-2H3. The molecule has 6 nitrogen and oxygen atoms in total. The topological polar surface area (TPSA) is 64.7 Å². The fraction of sp³-hybridized carbons (Fsp3) is 0.655. The molecular formula is C29H46N4O2S. The van der Waals surface area contributed by atoms with E-state index < -0.39 is 10.0 Å². The Kier molecular flexibility index (Phi) is 10.1. The van der Waals surface area contributed by atoms with E-state index in [4.69, 9.17) is 0 Å². The van der Waals surface area contributed by atoms with E-state index in [2.05, 4.69) is 10.6 Å². The number of hydrogen-bond acceptors (Lipinski definition) is 5. The predicted molar refractivity (Wildman–Crippen MR) is 151 cm³/mol. The third kappa shape index (κ3) is 7.00. The van der Waals surface area contributed by atoms with E-state index in [-0.39, 0.29) is 0 Å². The highest BCUT2D eigenvalue weighted by atomic mass is 32.2. The van der Waals surface area contributed by atoms with Gasteiger partial charge in [-0.1, -0.05) is 43.5 Å². The van der Waals surface area contributed by atoms with Crippen molar-refractivity contribution >= 4 is 26.5 Å². The highest BCUT2D eigenvalue weighted by Gasteiger charge is 2.30. The molecule has 0 spiro atoms. The lowest BCUT2D eigenvalue weighted by atomic mass is 9.89. The number of nitrogens with one attached hydrogen (secondary N) is 2. The van der Waals surface area contributed by atoms with Gasteiger partial charge < -0.3 is 15.5 Å². The van der Waals surface area contributed by atoms with Crippen LogP contribution in [0.2, 0.25) is 0 Å². The lowest BCUT2D eigenvalue weighted by Crippen LogP contribution is -2.40. The van der Waals surface area contributed by atoms with Crippen molar-refractivity contribution < 1.29 is 8.42 Å². The molecule has 0 amide bonds. The molecule has 1 aliphatic carbocycles. The molecule has 0 atom stereocenters. The zero-order chi connectivity index (χ0) is 25.4. The maximum absolute atomic E-state index is 13.6. The number of piperidine rings is 1. The summed E-state index contributed by atoms with van der Waals surface area (Å²) >= 11 is 0. The van der Waals surface area contributed by atoms with Gasteiger partial charge in [0.2, 0.25) is 10.0 Å². The smallest absolute Gasteiger partial charge is 0.243 e. The van der Waals surface area contributed by atoms with E-state index >= 15 is 0 Å². The van der Waals surface area contributed by atoms with Crippen LogP contribution >= 0.6 is 0 Å². The molecule has 0 bridgehead atoms. The van der Waals surface area contributed by atoms with Crippen LogP contribution < -0.4 is 15.5 Å². The molecule has 2 fully saturated rings. The predicted octanol–water partition coefficient (Wildman–Crippen LogP) is 4.85. The summed E-state index contributed by atoms with van der Waals surface area (Å²) in [6.45, 7) is 5.56. The van der Waals surface area contributed by atoms with Crippen molar-refractivity contribution in [3.8, 4) is 0 Å². The second kappa shape index (κ2) is 13.2. The van der Waals surface area contributed by atoms with E-state index in [0.717, 1.165) is 54.9 Å². The first kappa shape index (κ1) is 27.4. The number of anilines is 1. The van der Waals surface area contributed by atoms with Crippen molar-refractivity contribution in [3.63, 3.8) is 0 Å². The highest BCUT2D eigenvalue weighted by Crippen LogP contribution is 2.33. The summed E-state index contributed by atoms with van der Waals surface area (Å²) in [6.07, 6.45) is 11.3. The summed E-state index contributed by atoms with van der Waals surface area (Å²) in [7, 11) is 0.466. The molecule has 1 aliphatic heterocycles. The third-order valence-electron chi connectivity index (χ3n) is 8.08. The molecule has 2 N–H and O–H groups in total. The average molecular weight is 515 g/mol. The number of nitrogens with zero attached hydrogens (tertiary/aromatic N) is 2. The van der Waals surface area contributed by atoms with Gasteiger partial charge in [0.05, 0.1) is 4.90 Å². The molecule has 0 aromatic heterocycles. The molecular weight excluding hydrogens is 468 g/mol. The normalized spacial score (nSPS) is 18.6. The van der Waals surface area contributed by atoms with Crippen LogP contribution in [-0.2, 0) is 10.0 Å². The Hall–Kier alpha value is -1.67. The molecule has 2 aliphatic rings. The zero-order valence-corrected chi connectivity index (χ0v) is 23.2. The lowest BCUT2D eigenvalue weighted by molar-refractivity contribution is 0.267. The van der Waals surface area contributed by atoms with Gasteiger partial charge in [0, 0.05) is 43.6 Å². The van der Waals surface area contributed by atoms with Gasteiger partial charge >= 0.3 is 0 Å². The fourth-order valence-electron chi connectivity index (χ4n) is 5.88. The van der Waals surface area contributed by atoms with E-state index in [9.17, 15) is 8.42 Å². The fourth-order valence-corrected chi connectivity index (χ4v) is 7.55. The van der Waals surface area contributed by atoms with Crippen LogP contribution in [0.1, 0.15) is 57.8 Å². The van der Waals surface area contributed by atoms with Crippen molar-refractivity contribution in [3.05, 3.63) is 36.4 Å². The van der Waals surface area contributed by atoms with Crippen LogP contribution in [0, 0.1) is 11.8 Å². The molecule has 1 saturated heterocycles. The molecule has 4 rings (SSSR count). The maximum Gasteiger partial charge on any atom is 0.243 e. The number of rotatable bonds is 12. The van der Waals surface area contributed by atoms with E-state index in [0.29, 0.717) is 23.9 Å². The first-order valence-electron chi connectivity index (χ1n) is 14.1. The first-order valence-corrected chi connectivity index (χ1v) is 15.5. The van der Waals surface area contributed by atoms with Gasteiger partial charge in [0.1, 0.15) is 0 Å². The van der Waals surface area contributed by atoms with Crippen molar-refractivity contribution in [2.45, 2.75) is 62.7 Å². The molecule has 0 unspecified atom stereocenters. The molecule has 200 valence electrons. The van der Waals surface area contributed by atoms with Crippen molar-refractivity contribution in [1.82, 2.24) is 14.9 Å². The van der Waals surface area contributed by atoms with Gasteiger partial charge in [-0.2, -0.15) is 4.31 Å². The van der Waals surface area contributed by atoms with Gasteiger partial charge in [-0.25, -0.2) is 8.42 Å². The Morgan fingerprint density at radius 2 is 1.39 bits per heavy atom. The summed E-state index contributed by atoms with van der Waals surface area (Å²) in [5.41, 5.74) is 1.04. The maximum atomic E-state index is 13.6. The monoisotopic (exact) mass is 514 g/mol. The third-order valence-corrected chi connectivity index (χ3v) is 10.0. The quantitative estimate of drug-likeness (QED) is 0.397. The molecule has 1 heterocycles. The number of sulfonamides is 1. The van der Waals surface area contributed by atoms with E-state index in [1.807, 2.05) is 49.3 Å². The van der Waals surface area contributed by atoms with Gasteiger partial charge in [-0.05, 0) is 88.7 Å². The van der Waals surface area contributed by atoms with Crippen LogP contribution in [-0.4, -0.2) is 66.1 Å². The molecule has 36 heavy (non-hydrogen) atoms. The molecule has 0 radical (unpaired) electrons. The summed E-state index contributed by atoms with van der Waals surface area (Å²) in [6, 6.07) is 11.5. The number of hydrogen-bond donors (Lipinski definition) is 2. The molecule has 1 saturated carbocycles. The van der Waals surface area contributed by atoms with Crippen LogP contribution in [0.4, 0.5) is 5.69 Å².